The van der Waals surface area contributed by atoms with Gasteiger partial charge in [-0.3, -0.25) is 4.79 Å². The summed E-state index contributed by atoms with van der Waals surface area (Å²) in [5.41, 5.74) is 8.95. The lowest BCUT2D eigenvalue weighted by Gasteiger charge is -2.23. The van der Waals surface area contributed by atoms with Gasteiger partial charge in [0.2, 0.25) is 0 Å². The van der Waals surface area contributed by atoms with Gasteiger partial charge in [-0.25, -0.2) is 4.68 Å². The number of nitrogens with one attached hydrogen (secondary N) is 1. The van der Waals surface area contributed by atoms with E-state index in [1.165, 1.54) is 6.42 Å². The van der Waals surface area contributed by atoms with Crippen LogP contribution in [0.4, 0.5) is 0 Å². The van der Waals surface area contributed by atoms with Gasteiger partial charge in [0, 0.05) is 28.4 Å². The van der Waals surface area contributed by atoms with Crippen molar-refractivity contribution < 1.29 is 4.79 Å². The Balaban J connectivity index is 0.00000243. The van der Waals surface area contributed by atoms with E-state index in [9.17, 15) is 4.79 Å². The quantitative estimate of drug-likeness (QED) is 0.773. The number of benzene rings is 1. The predicted octanol–water partition coefficient (Wildman–Crippen LogP) is 3.68. The number of amides is 1. The second-order valence-electron chi connectivity index (χ2n) is 7.26. The van der Waals surface area contributed by atoms with E-state index in [2.05, 4.69) is 10.4 Å². The molecule has 26 heavy (non-hydrogen) atoms. The molecule has 1 aromatic heterocycles. The van der Waals surface area contributed by atoms with E-state index in [1.54, 1.807) is 0 Å². The van der Waals surface area contributed by atoms with Crippen LogP contribution in [0.5, 0.6) is 0 Å². The number of nitrogens with two attached hydrogens (primary N) is 1. The third kappa shape index (κ3) is 4.40. The fraction of sp³-hybridized carbons (Fsp3) is 0.474. The van der Waals surface area contributed by atoms with Gasteiger partial charge in [0.15, 0.2) is 5.69 Å². The van der Waals surface area contributed by atoms with Crippen LogP contribution in [0.15, 0.2) is 24.3 Å². The third-order valence-electron chi connectivity index (χ3n) is 4.68. The molecule has 7 heteroatoms. The predicted molar refractivity (Wildman–Crippen MR) is 108 cm³/mol. The lowest BCUT2D eigenvalue weighted by Crippen LogP contribution is -2.49. The zero-order valence-corrected chi connectivity index (χ0v) is 16.8. The highest BCUT2D eigenvalue weighted by atomic mass is 35.5. The number of carbonyl (C=O) groups is 1. The van der Waals surface area contributed by atoms with Crippen LogP contribution in [-0.4, -0.2) is 27.8 Å². The van der Waals surface area contributed by atoms with Crippen LogP contribution in [0.1, 0.15) is 54.9 Å². The Morgan fingerprint density at radius 1 is 1.23 bits per heavy atom. The number of aromatic nitrogens is 2. The van der Waals surface area contributed by atoms with Gasteiger partial charge in [-0.2, -0.15) is 5.10 Å². The van der Waals surface area contributed by atoms with E-state index < -0.39 is 5.54 Å². The van der Waals surface area contributed by atoms with Crippen LogP contribution < -0.4 is 11.1 Å². The maximum Gasteiger partial charge on any atom is 0.272 e. The zero-order valence-electron chi connectivity index (χ0n) is 15.2. The molecule has 1 amide bonds. The van der Waals surface area contributed by atoms with Gasteiger partial charge in [-0.1, -0.05) is 18.0 Å². The van der Waals surface area contributed by atoms with Crippen molar-refractivity contribution >= 4 is 29.9 Å². The SMILES string of the molecule is CC(C)(CN)NC(=O)c1nn(-c2ccc(Cl)cc2)c2c1CCCCC2.Cl. The van der Waals surface area contributed by atoms with Crippen molar-refractivity contribution in [3.05, 3.63) is 46.2 Å². The Morgan fingerprint density at radius 2 is 1.88 bits per heavy atom. The molecule has 5 nitrogen and oxygen atoms in total. The van der Waals surface area contributed by atoms with E-state index in [0.29, 0.717) is 17.3 Å². The number of nitrogens with zero attached hydrogens (tertiary/aromatic N) is 2. The third-order valence-corrected chi connectivity index (χ3v) is 4.93. The first-order chi connectivity index (χ1) is 11.9. The van der Waals surface area contributed by atoms with Crippen molar-refractivity contribution in [3.8, 4) is 5.69 Å². The molecule has 0 atom stereocenters. The number of hydrogen-bond donors (Lipinski definition) is 2. The Hall–Kier alpha value is -1.56. The summed E-state index contributed by atoms with van der Waals surface area (Å²) >= 11 is 6.01. The highest BCUT2D eigenvalue weighted by Gasteiger charge is 2.27. The maximum absolute atomic E-state index is 12.8. The van der Waals surface area contributed by atoms with E-state index >= 15 is 0 Å². The van der Waals surface area contributed by atoms with Crippen molar-refractivity contribution in [2.24, 2.45) is 5.73 Å². The summed E-state index contributed by atoms with van der Waals surface area (Å²) in [6, 6.07) is 7.57. The van der Waals surface area contributed by atoms with E-state index in [-0.39, 0.29) is 18.3 Å². The minimum atomic E-state index is -0.460. The molecule has 0 aliphatic heterocycles. The highest BCUT2D eigenvalue weighted by Crippen LogP contribution is 2.27. The van der Waals surface area contributed by atoms with Gasteiger partial charge in [0.1, 0.15) is 0 Å². The van der Waals surface area contributed by atoms with E-state index in [0.717, 1.165) is 42.6 Å². The summed E-state index contributed by atoms with van der Waals surface area (Å²) in [7, 11) is 0. The van der Waals surface area contributed by atoms with E-state index in [4.69, 9.17) is 17.3 Å². The van der Waals surface area contributed by atoms with E-state index in [1.807, 2.05) is 42.8 Å². The first kappa shape index (κ1) is 20.7. The molecule has 0 unspecified atom stereocenters. The number of hydrogen-bond acceptors (Lipinski definition) is 3. The van der Waals surface area contributed by atoms with Gasteiger partial charge in [-0.15, -0.1) is 12.4 Å². The molecule has 0 spiro atoms. The van der Waals surface area contributed by atoms with Crippen molar-refractivity contribution in [3.63, 3.8) is 0 Å². The Kier molecular flexibility index (Phi) is 6.72. The van der Waals surface area contributed by atoms with Crippen LogP contribution in [0, 0.1) is 0 Å². The summed E-state index contributed by atoms with van der Waals surface area (Å²) in [6.45, 7) is 4.21. The van der Waals surface area contributed by atoms with Crippen LogP contribution in [0.3, 0.4) is 0 Å². The summed E-state index contributed by atoms with van der Waals surface area (Å²) in [5.74, 6) is -0.152. The molecule has 0 saturated carbocycles. The van der Waals surface area contributed by atoms with Crippen molar-refractivity contribution in [1.29, 1.82) is 0 Å². The molecule has 0 fully saturated rings. The van der Waals surface area contributed by atoms with Crippen LogP contribution >= 0.6 is 24.0 Å². The van der Waals surface area contributed by atoms with Crippen molar-refractivity contribution in [2.45, 2.75) is 51.5 Å². The molecule has 1 heterocycles. The first-order valence-corrected chi connectivity index (χ1v) is 9.18. The molecule has 3 N–H and O–H groups in total. The molecule has 2 aromatic rings. The monoisotopic (exact) mass is 396 g/mol. The lowest BCUT2D eigenvalue weighted by atomic mass is 10.0. The molecular formula is C19H26Cl2N4O. The normalized spacial score (nSPS) is 14.2. The second-order valence-corrected chi connectivity index (χ2v) is 7.70. The largest absolute Gasteiger partial charge is 0.344 e. The molecule has 1 aliphatic carbocycles. The van der Waals surface area contributed by atoms with Gasteiger partial charge in [0.05, 0.1) is 5.69 Å². The fourth-order valence-corrected chi connectivity index (χ4v) is 3.30. The van der Waals surface area contributed by atoms with Gasteiger partial charge in [-0.05, 0) is 63.8 Å². The molecule has 0 bridgehead atoms. The smallest absolute Gasteiger partial charge is 0.272 e. The van der Waals surface area contributed by atoms with Crippen LogP contribution in [0.25, 0.3) is 5.69 Å². The summed E-state index contributed by atoms with van der Waals surface area (Å²) in [5, 5.41) is 8.36. The maximum atomic E-state index is 12.8. The van der Waals surface area contributed by atoms with Crippen LogP contribution in [0.2, 0.25) is 5.02 Å². The average Bonchev–Trinajstić information content (AvgIpc) is 2.77. The van der Waals surface area contributed by atoms with Gasteiger partial charge in [0.25, 0.3) is 5.91 Å². The second kappa shape index (κ2) is 8.42. The average molecular weight is 397 g/mol. The van der Waals surface area contributed by atoms with Crippen molar-refractivity contribution in [2.75, 3.05) is 6.54 Å². The molecule has 142 valence electrons. The standard InChI is InChI=1S/C19H25ClN4O.ClH/c1-19(2,12-21)22-18(25)17-15-6-4-3-5-7-16(15)24(23-17)14-10-8-13(20)9-11-14;/h8-11H,3-7,12,21H2,1-2H3,(H,22,25);1H. The summed E-state index contributed by atoms with van der Waals surface area (Å²) < 4.78 is 1.90. The minimum Gasteiger partial charge on any atom is -0.344 e. The fourth-order valence-electron chi connectivity index (χ4n) is 3.17. The topological polar surface area (TPSA) is 72.9 Å². The summed E-state index contributed by atoms with van der Waals surface area (Å²) in [4.78, 5) is 12.8. The lowest BCUT2D eigenvalue weighted by molar-refractivity contribution is 0.0909. The number of halogens is 2. The number of fused-ring (bicyclic) bond motifs is 1. The number of rotatable bonds is 4. The van der Waals surface area contributed by atoms with Gasteiger partial charge >= 0.3 is 0 Å². The zero-order chi connectivity index (χ0) is 18.0. The highest BCUT2D eigenvalue weighted by molar-refractivity contribution is 6.30. The van der Waals surface area contributed by atoms with Gasteiger partial charge < -0.3 is 11.1 Å². The van der Waals surface area contributed by atoms with Crippen molar-refractivity contribution in [1.82, 2.24) is 15.1 Å². The number of carbonyl (C=O) groups excluding carboxylic acids is 1. The Bertz CT molecular complexity index is 769. The molecule has 1 aromatic carbocycles. The molecule has 0 saturated heterocycles. The molecular weight excluding hydrogens is 371 g/mol. The first-order valence-electron chi connectivity index (χ1n) is 8.80. The minimum absolute atomic E-state index is 0. The Morgan fingerprint density at radius 3 is 2.54 bits per heavy atom. The molecule has 3 rings (SSSR count). The molecule has 0 radical (unpaired) electrons. The van der Waals surface area contributed by atoms with Crippen LogP contribution in [-0.2, 0) is 12.8 Å². The summed E-state index contributed by atoms with van der Waals surface area (Å²) in [6.07, 6.45) is 5.18. The molecule has 1 aliphatic rings. The Labute approximate surface area is 165 Å².